The minimum absolute atomic E-state index is 0. The zero-order valence-electron chi connectivity index (χ0n) is 17.5. The largest absolute Gasteiger partial charge is 0.496 e. The summed E-state index contributed by atoms with van der Waals surface area (Å²) in [6.45, 7) is 3.47. The predicted octanol–water partition coefficient (Wildman–Crippen LogP) is 2.62. The van der Waals surface area contributed by atoms with E-state index in [2.05, 4.69) is 27.8 Å². The number of ether oxygens (including phenoxy) is 1. The molecule has 1 aromatic carbocycles. The second-order valence-corrected chi connectivity index (χ2v) is 6.69. The molecule has 1 aromatic heterocycles. The minimum atomic E-state index is -0.0459. The molecule has 0 unspecified atom stereocenters. The van der Waals surface area contributed by atoms with Gasteiger partial charge in [0.25, 0.3) is 0 Å². The van der Waals surface area contributed by atoms with Crippen molar-refractivity contribution in [2.24, 2.45) is 4.99 Å². The Morgan fingerprint density at radius 3 is 2.52 bits per heavy atom. The number of amides is 1. The maximum Gasteiger partial charge on any atom is 0.243 e. The monoisotopic (exact) mass is 514 g/mol. The first-order chi connectivity index (χ1) is 13.5. The van der Waals surface area contributed by atoms with Crippen LogP contribution in [-0.4, -0.2) is 57.6 Å². The molecule has 0 bridgehead atoms. The number of methoxy groups -OCH3 is 1. The van der Waals surface area contributed by atoms with Crippen LogP contribution in [0.4, 0.5) is 0 Å². The van der Waals surface area contributed by atoms with Gasteiger partial charge >= 0.3 is 0 Å². The molecule has 0 aliphatic heterocycles. The van der Waals surface area contributed by atoms with Crippen molar-refractivity contribution in [2.45, 2.75) is 19.8 Å². The summed E-state index contributed by atoms with van der Waals surface area (Å²) >= 11 is 0. The van der Waals surface area contributed by atoms with Gasteiger partial charge in [0.05, 0.1) is 13.4 Å². The Kier molecular flexibility index (Phi) is 11.2. The van der Waals surface area contributed by atoms with Gasteiger partial charge in [-0.1, -0.05) is 12.1 Å². The SMILES string of the molecule is COc1cc(CCNC(=NCC(=O)N(C)C)NCCc2ccco2)ccc1C.I. The fraction of sp³-hybridized carbons (Fsp3) is 0.429. The maximum absolute atomic E-state index is 11.8. The highest BCUT2D eigenvalue weighted by Gasteiger charge is 2.06. The molecule has 0 fully saturated rings. The van der Waals surface area contributed by atoms with Gasteiger partial charge in [0.2, 0.25) is 5.91 Å². The number of carbonyl (C=O) groups excluding carboxylic acids is 1. The standard InChI is InChI=1S/C21H30N4O3.HI/c1-16-7-8-17(14-19(16)27-4)9-11-22-21(24-15-20(26)25(2)3)23-12-10-18-6-5-13-28-18;/h5-8,13-14H,9-12,15H2,1-4H3,(H2,22,23,24);1H. The zero-order valence-corrected chi connectivity index (χ0v) is 19.9. The van der Waals surface area contributed by atoms with Crippen LogP contribution in [0.2, 0.25) is 0 Å². The van der Waals surface area contributed by atoms with Crippen LogP contribution in [0.15, 0.2) is 46.0 Å². The summed E-state index contributed by atoms with van der Waals surface area (Å²) in [6, 6.07) is 10.0. The van der Waals surface area contributed by atoms with Crippen molar-refractivity contribution in [3.8, 4) is 5.75 Å². The molecular formula is C21H31IN4O3. The molecule has 1 amide bonds. The number of likely N-dealkylation sites (N-methyl/N-ethyl adjacent to an activating group) is 1. The van der Waals surface area contributed by atoms with E-state index < -0.39 is 0 Å². The third-order valence-electron chi connectivity index (χ3n) is 4.29. The Bertz CT molecular complexity index is 776. The maximum atomic E-state index is 11.8. The number of nitrogens with one attached hydrogen (secondary N) is 2. The van der Waals surface area contributed by atoms with Crippen LogP contribution in [0.3, 0.4) is 0 Å². The molecule has 0 saturated heterocycles. The van der Waals surface area contributed by atoms with Crippen LogP contribution < -0.4 is 15.4 Å². The third-order valence-corrected chi connectivity index (χ3v) is 4.29. The van der Waals surface area contributed by atoms with E-state index in [1.807, 2.05) is 25.1 Å². The fourth-order valence-corrected chi connectivity index (χ4v) is 2.57. The van der Waals surface area contributed by atoms with Crippen molar-refractivity contribution in [3.63, 3.8) is 0 Å². The normalized spacial score (nSPS) is 10.8. The summed E-state index contributed by atoms with van der Waals surface area (Å²) in [4.78, 5) is 17.8. The topological polar surface area (TPSA) is 79.1 Å². The molecule has 2 N–H and O–H groups in total. The quantitative estimate of drug-likeness (QED) is 0.306. The summed E-state index contributed by atoms with van der Waals surface area (Å²) in [5, 5.41) is 6.55. The van der Waals surface area contributed by atoms with E-state index in [-0.39, 0.29) is 36.4 Å². The van der Waals surface area contributed by atoms with Crippen molar-refractivity contribution >= 4 is 35.8 Å². The molecule has 2 rings (SSSR count). The van der Waals surface area contributed by atoms with E-state index in [9.17, 15) is 4.79 Å². The summed E-state index contributed by atoms with van der Waals surface area (Å²) in [7, 11) is 5.12. The van der Waals surface area contributed by atoms with Crippen LogP contribution >= 0.6 is 24.0 Å². The number of carbonyl (C=O) groups is 1. The van der Waals surface area contributed by atoms with E-state index in [4.69, 9.17) is 9.15 Å². The molecule has 0 radical (unpaired) electrons. The molecule has 160 valence electrons. The Hall–Kier alpha value is -2.23. The van der Waals surface area contributed by atoms with E-state index in [0.29, 0.717) is 19.0 Å². The van der Waals surface area contributed by atoms with Crippen LogP contribution in [0, 0.1) is 6.92 Å². The van der Waals surface area contributed by atoms with E-state index in [0.717, 1.165) is 29.9 Å². The second-order valence-electron chi connectivity index (χ2n) is 6.69. The van der Waals surface area contributed by atoms with Gasteiger partial charge in [-0.05, 0) is 42.7 Å². The molecule has 0 aliphatic carbocycles. The van der Waals surface area contributed by atoms with Crippen LogP contribution in [0.5, 0.6) is 5.75 Å². The van der Waals surface area contributed by atoms with Crippen molar-refractivity contribution in [1.29, 1.82) is 0 Å². The number of guanidine groups is 1. The lowest BCUT2D eigenvalue weighted by Gasteiger charge is -2.14. The lowest BCUT2D eigenvalue weighted by Crippen LogP contribution is -2.40. The van der Waals surface area contributed by atoms with Crippen LogP contribution in [0.25, 0.3) is 0 Å². The van der Waals surface area contributed by atoms with Gasteiger partial charge in [-0.25, -0.2) is 4.99 Å². The molecule has 8 heteroatoms. The van der Waals surface area contributed by atoms with Gasteiger partial charge in [-0.2, -0.15) is 0 Å². The highest BCUT2D eigenvalue weighted by molar-refractivity contribution is 14.0. The van der Waals surface area contributed by atoms with E-state index in [1.165, 1.54) is 10.5 Å². The Balaban J connectivity index is 0.00000420. The molecule has 7 nitrogen and oxygen atoms in total. The lowest BCUT2D eigenvalue weighted by molar-refractivity contribution is -0.127. The number of nitrogens with zero attached hydrogens (tertiary/aromatic N) is 2. The number of rotatable bonds is 9. The Morgan fingerprint density at radius 1 is 1.17 bits per heavy atom. The van der Waals surface area contributed by atoms with Gasteiger partial charge in [-0.3, -0.25) is 4.79 Å². The number of aliphatic imine (C=N–C) groups is 1. The predicted molar refractivity (Wildman–Crippen MR) is 126 cm³/mol. The number of aryl methyl sites for hydroxylation is 1. The summed E-state index contributed by atoms with van der Waals surface area (Å²) in [6.07, 6.45) is 3.22. The highest BCUT2D eigenvalue weighted by atomic mass is 127. The molecule has 29 heavy (non-hydrogen) atoms. The van der Waals surface area contributed by atoms with Crippen LogP contribution in [-0.2, 0) is 17.6 Å². The molecule has 0 spiro atoms. The Labute approximate surface area is 189 Å². The molecule has 1 heterocycles. The number of hydrogen-bond donors (Lipinski definition) is 2. The van der Waals surface area contributed by atoms with Crippen LogP contribution in [0.1, 0.15) is 16.9 Å². The number of benzene rings is 1. The number of halogens is 1. The van der Waals surface area contributed by atoms with Gasteiger partial charge in [0, 0.05) is 33.6 Å². The fourth-order valence-electron chi connectivity index (χ4n) is 2.57. The zero-order chi connectivity index (χ0) is 20.4. The number of hydrogen-bond acceptors (Lipinski definition) is 4. The summed E-state index contributed by atoms with van der Waals surface area (Å²) in [5.41, 5.74) is 2.29. The second kappa shape index (κ2) is 13.1. The first kappa shape index (κ1) is 24.8. The summed E-state index contributed by atoms with van der Waals surface area (Å²) in [5.74, 6) is 2.36. The first-order valence-electron chi connectivity index (χ1n) is 9.38. The molecule has 0 atom stereocenters. The van der Waals surface area contributed by atoms with Gasteiger partial charge in [0.1, 0.15) is 18.1 Å². The average molecular weight is 514 g/mol. The third kappa shape index (κ3) is 8.76. The smallest absolute Gasteiger partial charge is 0.243 e. The number of furan rings is 1. The molecular weight excluding hydrogens is 483 g/mol. The molecule has 0 saturated carbocycles. The lowest BCUT2D eigenvalue weighted by atomic mass is 10.1. The van der Waals surface area contributed by atoms with Crippen molar-refractivity contribution < 1.29 is 13.9 Å². The highest BCUT2D eigenvalue weighted by Crippen LogP contribution is 2.18. The van der Waals surface area contributed by atoms with Gasteiger partial charge in [-0.15, -0.1) is 24.0 Å². The van der Waals surface area contributed by atoms with E-state index in [1.54, 1.807) is 27.5 Å². The van der Waals surface area contributed by atoms with E-state index >= 15 is 0 Å². The van der Waals surface area contributed by atoms with Crippen molar-refractivity contribution in [3.05, 3.63) is 53.5 Å². The summed E-state index contributed by atoms with van der Waals surface area (Å²) < 4.78 is 10.7. The first-order valence-corrected chi connectivity index (χ1v) is 9.38. The van der Waals surface area contributed by atoms with Gasteiger partial charge in [0.15, 0.2) is 5.96 Å². The minimum Gasteiger partial charge on any atom is -0.496 e. The average Bonchev–Trinajstić information content (AvgIpc) is 3.20. The molecule has 0 aliphatic rings. The van der Waals surface area contributed by atoms with Crippen molar-refractivity contribution in [2.75, 3.05) is 40.8 Å². The van der Waals surface area contributed by atoms with Gasteiger partial charge < -0.3 is 24.7 Å². The Morgan fingerprint density at radius 2 is 1.90 bits per heavy atom. The molecule has 2 aromatic rings. The van der Waals surface area contributed by atoms with Crippen molar-refractivity contribution in [1.82, 2.24) is 15.5 Å².